The summed E-state index contributed by atoms with van der Waals surface area (Å²) in [5, 5.41) is 12.1. The fraction of sp³-hybridized carbons (Fsp3) is 0.467. The highest BCUT2D eigenvalue weighted by Crippen LogP contribution is 2.18. The number of carboxylic acid groups (broad SMARTS) is 1. The maximum atomic E-state index is 11.9. The lowest BCUT2D eigenvalue weighted by molar-refractivity contribution is -0.138. The molecule has 1 aromatic carbocycles. The number of carboxylic acids is 1. The van der Waals surface area contributed by atoms with Crippen LogP contribution in [0.25, 0.3) is 0 Å². The molecule has 4 nitrogen and oxygen atoms in total. The van der Waals surface area contributed by atoms with Crippen LogP contribution in [0.4, 0.5) is 0 Å². The first-order valence-electron chi connectivity index (χ1n) is 6.63. The summed E-state index contributed by atoms with van der Waals surface area (Å²) in [6.07, 6.45) is 0.623. The molecule has 20 heavy (non-hydrogen) atoms. The lowest BCUT2D eigenvalue weighted by Gasteiger charge is -2.15. The van der Waals surface area contributed by atoms with E-state index in [0.717, 1.165) is 5.56 Å². The number of rotatable bonds is 7. The largest absolute Gasteiger partial charge is 0.481 e. The van der Waals surface area contributed by atoms with Gasteiger partial charge in [0.25, 0.3) is 0 Å². The molecule has 2 N–H and O–H groups in total. The van der Waals surface area contributed by atoms with Gasteiger partial charge in [-0.05, 0) is 24.0 Å². The van der Waals surface area contributed by atoms with Crippen molar-refractivity contribution < 1.29 is 14.7 Å². The van der Waals surface area contributed by atoms with Gasteiger partial charge in [0.05, 0.1) is 0 Å². The van der Waals surface area contributed by atoms with Crippen molar-refractivity contribution in [1.29, 1.82) is 0 Å². The van der Waals surface area contributed by atoms with E-state index in [4.69, 9.17) is 16.7 Å². The van der Waals surface area contributed by atoms with E-state index in [1.807, 2.05) is 25.1 Å². The van der Waals surface area contributed by atoms with Crippen LogP contribution in [0.15, 0.2) is 24.3 Å². The average molecular weight is 298 g/mol. The Bertz CT molecular complexity index is 476. The number of aliphatic carboxylic acids is 1. The van der Waals surface area contributed by atoms with Crippen molar-refractivity contribution in [2.75, 3.05) is 6.54 Å². The van der Waals surface area contributed by atoms with Gasteiger partial charge in [0.2, 0.25) is 5.91 Å². The first-order valence-corrected chi connectivity index (χ1v) is 7.00. The van der Waals surface area contributed by atoms with E-state index >= 15 is 0 Å². The van der Waals surface area contributed by atoms with Crippen LogP contribution in [0, 0.1) is 11.8 Å². The van der Waals surface area contributed by atoms with Crippen molar-refractivity contribution in [3.8, 4) is 0 Å². The molecule has 110 valence electrons. The molecule has 1 rings (SSSR count). The second kappa shape index (κ2) is 7.90. The number of nitrogens with one attached hydrogen (secondary N) is 1. The summed E-state index contributed by atoms with van der Waals surface area (Å²) < 4.78 is 0. The van der Waals surface area contributed by atoms with E-state index in [-0.39, 0.29) is 24.2 Å². The average Bonchev–Trinajstić information content (AvgIpc) is 2.37. The van der Waals surface area contributed by atoms with E-state index in [9.17, 15) is 9.59 Å². The summed E-state index contributed by atoms with van der Waals surface area (Å²) >= 11 is 6.06. The van der Waals surface area contributed by atoms with Crippen LogP contribution in [0.5, 0.6) is 0 Å². The fourth-order valence-corrected chi connectivity index (χ4v) is 2.12. The monoisotopic (exact) mass is 297 g/mol. The predicted molar refractivity (Wildman–Crippen MR) is 78.7 cm³/mol. The minimum atomic E-state index is -0.851. The summed E-state index contributed by atoms with van der Waals surface area (Å²) in [4.78, 5) is 22.5. The standard InChI is InChI=1S/C15H20ClNO3/c1-10(7-14(18)19)9-17-15(20)11(2)8-12-5-3-4-6-13(12)16/h3-6,10-11H,7-9H2,1-2H3,(H,17,20)(H,18,19). The number of hydrogen-bond donors (Lipinski definition) is 2. The van der Waals surface area contributed by atoms with Crippen molar-refractivity contribution in [2.45, 2.75) is 26.7 Å². The van der Waals surface area contributed by atoms with E-state index in [0.29, 0.717) is 18.0 Å². The lowest BCUT2D eigenvalue weighted by Crippen LogP contribution is -2.34. The van der Waals surface area contributed by atoms with Crippen molar-refractivity contribution in [1.82, 2.24) is 5.32 Å². The molecule has 2 unspecified atom stereocenters. The molecule has 1 amide bonds. The van der Waals surface area contributed by atoms with Crippen LogP contribution in [0.2, 0.25) is 5.02 Å². The second-order valence-electron chi connectivity index (χ2n) is 5.14. The molecule has 0 aliphatic rings. The van der Waals surface area contributed by atoms with Gasteiger partial charge in [-0.1, -0.05) is 43.6 Å². The molecule has 0 saturated carbocycles. The zero-order chi connectivity index (χ0) is 15.1. The van der Waals surface area contributed by atoms with Crippen LogP contribution in [0.3, 0.4) is 0 Å². The molecule has 0 radical (unpaired) electrons. The molecule has 0 heterocycles. The number of halogens is 1. The lowest BCUT2D eigenvalue weighted by atomic mass is 10.00. The second-order valence-corrected chi connectivity index (χ2v) is 5.55. The normalized spacial score (nSPS) is 13.6. The van der Waals surface area contributed by atoms with Crippen LogP contribution in [-0.2, 0) is 16.0 Å². The summed E-state index contributed by atoms with van der Waals surface area (Å²) in [7, 11) is 0. The van der Waals surface area contributed by atoms with Gasteiger partial charge >= 0.3 is 5.97 Å². The summed E-state index contributed by atoms with van der Waals surface area (Å²) in [6.45, 7) is 4.01. The van der Waals surface area contributed by atoms with E-state index < -0.39 is 5.97 Å². The number of hydrogen-bond acceptors (Lipinski definition) is 2. The minimum absolute atomic E-state index is 0.0547. The van der Waals surface area contributed by atoms with Crippen molar-refractivity contribution in [3.05, 3.63) is 34.9 Å². The maximum absolute atomic E-state index is 11.9. The Kier molecular flexibility index (Phi) is 6.52. The quantitative estimate of drug-likeness (QED) is 0.813. The highest BCUT2D eigenvalue weighted by atomic mass is 35.5. The third-order valence-corrected chi connectivity index (χ3v) is 3.45. The Morgan fingerprint density at radius 2 is 1.95 bits per heavy atom. The molecular formula is C15H20ClNO3. The zero-order valence-corrected chi connectivity index (χ0v) is 12.5. The Hall–Kier alpha value is -1.55. The number of benzene rings is 1. The van der Waals surface area contributed by atoms with Gasteiger partial charge in [-0.2, -0.15) is 0 Å². The van der Waals surface area contributed by atoms with Crippen molar-refractivity contribution in [2.24, 2.45) is 11.8 Å². The zero-order valence-electron chi connectivity index (χ0n) is 11.7. The van der Waals surface area contributed by atoms with E-state index in [1.165, 1.54) is 0 Å². The Balaban J connectivity index is 2.44. The number of amides is 1. The van der Waals surface area contributed by atoms with Gasteiger partial charge in [0.1, 0.15) is 0 Å². The molecule has 0 bridgehead atoms. The first kappa shape index (κ1) is 16.5. The Morgan fingerprint density at radius 3 is 2.55 bits per heavy atom. The van der Waals surface area contributed by atoms with Gasteiger partial charge in [-0.15, -0.1) is 0 Å². The Morgan fingerprint density at radius 1 is 1.30 bits per heavy atom. The van der Waals surface area contributed by atoms with Crippen LogP contribution >= 0.6 is 11.6 Å². The predicted octanol–water partition coefficient (Wildman–Crippen LogP) is 2.75. The maximum Gasteiger partial charge on any atom is 0.303 e. The van der Waals surface area contributed by atoms with Crippen molar-refractivity contribution >= 4 is 23.5 Å². The number of carbonyl (C=O) groups is 2. The molecule has 0 aromatic heterocycles. The molecular weight excluding hydrogens is 278 g/mol. The summed E-state index contributed by atoms with van der Waals surface area (Å²) in [5.74, 6) is -1.21. The van der Waals surface area contributed by atoms with Crippen LogP contribution in [-0.4, -0.2) is 23.5 Å². The molecule has 0 saturated heterocycles. The summed E-state index contributed by atoms with van der Waals surface area (Å²) in [5.41, 5.74) is 0.940. The molecule has 0 fully saturated rings. The molecule has 0 aliphatic carbocycles. The highest BCUT2D eigenvalue weighted by Gasteiger charge is 2.16. The minimum Gasteiger partial charge on any atom is -0.481 e. The SMILES string of the molecule is CC(CNC(=O)C(C)Cc1ccccc1Cl)CC(=O)O. The van der Waals surface area contributed by atoms with Gasteiger partial charge < -0.3 is 10.4 Å². The molecule has 0 spiro atoms. The third-order valence-electron chi connectivity index (χ3n) is 3.08. The van der Waals surface area contributed by atoms with Gasteiger partial charge in [-0.25, -0.2) is 0 Å². The smallest absolute Gasteiger partial charge is 0.303 e. The van der Waals surface area contributed by atoms with E-state index in [1.54, 1.807) is 13.0 Å². The van der Waals surface area contributed by atoms with Gasteiger partial charge in [0, 0.05) is 23.9 Å². The summed E-state index contributed by atoms with van der Waals surface area (Å²) in [6, 6.07) is 7.44. The van der Waals surface area contributed by atoms with Crippen LogP contribution < -0.4 is 5.32 Å². The van der Waals surface area contributed by atoms with Crippen LogP contribution in [0.1, 0.15) is 25.8 Å². The molecule has 1 aromatic rings. The molecule has 5 heteroatoms. The third kappa shape index (κ3) is 5.61. The van der Waals surface area contributed by atoms with Gasteiger partial charge in [-0.3, -0.25) is 9.59 Å². The Labute approximate surface area is 124 Å². The topological polar surface area (TPSA) is 66.4 Å². The molecule has 0 aliphatic heterocycles. The first-order chi connectivity index (χ1) is 9.40. The van der Waals surface area contributed by atoms with Crippen molar-refractivity contribution in [3.63, 3.8) is 0 Å². The highest BCUT2D eigenvalue weighted by molar-refractivity contribution is 6.31. The molecule has 2 atom stereocenters. The van der Waals surface area contributed by atoms with Gasteiger partial charge in [0.15, 0.2) is 0 Å². The van der Waals surface area contributed by atoms with E-state index in [2.05, 4.69) is 5.32 Å². The number of carbonyl (C=O) groups excluding carboxylic acids is 1. The fourth-order valence-electron chi connectivity index (χ4n) is 1.91.